The van der Waals surface area contributed by atoms with E-state index >= 15 is 0 Å². The number of ether oxygens (including phenoxy) is 2. The number of hydrogen-bond donors (Lipinski definition) is 1. The van der Waals surface area contributed by atoms with E-state index in [1.54, 1.807) is 0 Å². The van der Waals surface area contributed by atoms with Crippen LogP contribution in [0.3, 0.4) is 0 Å². The molecule has 2 rings (SSSR count). The number of likely N-dealkylation sites (tertiary alicyclic amines) is 1. The highest BCUT2D eigenvalue weighted by Gasteiger charge is 2.47. The van der Waals surface area contributed by atoms with E-state index in [0.717, 1.165) is 4.90 Å². The first kappa shape index (κ1) is 18.1. The zero-order valence-corrected chi connectivity index (χ0v) is 13.8. The molecule has 0 bridgehead atoms. The van der Waals surface area contributed by atoms with Gasteiger partial charge in [0.25, 0.3) is 5.91 Å². The molecular formula is C16H22N2O6. The second-order valence-electron chi connectivity index (χ2n) is 5.83. The van der Waals surface area contributed by atoms with Crippen LogP contribution in [0, 0.1) is 11.8 Å². The summed E-state index contributed by atoms with van der Waals surface area (Å²) >= 11 is 0. The molecule has 24 heavy (non-hydrogen) atoms. The Morgan fingerprint density at radius 1 is 1.25 bits per heavy atom. The summed E-state index contributed by atoms with van der Waals surface area (Å²) in [7, 11) is 1.51. The van der Waals surface area contributed by atoms with Gasteiger partial charge in [-0.3, -0.25) is 24.1 Å². The van der Waals surface area contributed by atoms with Crippen LogP contribution in [-0.2, 0) is 28.7 Å². The average molecular weight is 338 g/mol. The van der Waals surface area contributed by atoms with Crippen molar-refractivity contribution in [3.05, 3.63) is 12.2 Å². The standard InChI is InChI=1S/C16H22N2O6/c1-10(14(20)17-7-8-23-2)24-13(19)9-18-15(21)11-5-3-4-6-12(11)16(18)22/h3-4,10-12H,5-9H2,1-2H3,(H,17,20)/t10-,11-,12-/m0/s1. The Morgan fingerprint density at radius 2 is 1.83 bits per heavy atom. The topological polar surface area (TPSA) is 102 Å². The van der Waals surface area contributed by atoms with E-state index in [1.165, 1.54) is 14.0 Å². The molecule has 0 spiro atoms. The maximum atomic E-state index is 12.2. The molecule has 0 radical (unpaired) electrons. The Hall–Kier alpha value is -2.22. The zero-order chi connectivity index (χ0) is 17.7. The molecule has 3 amide bonds. The Morgan fingerprint density at radius 3 is 2.38 bits per heavy atom. The number of nitrogens with one attached hydrogen (secondary N) is 1. The van der Waals surface area contributed by atoms with Gasteiger partial charge in [0, 0.05) is 13.7 Å². The largest absolute Gasteiger partial charge is 0.451 e. The van der Waals surface area contributed by atoms with Gasteiger partial charge in [-0.25, -0.2) is 0 Å². The van der Waals surface area contributed by atoms with Gasteiger partial charge >= 0.3 is 5.97 Å². The van der Waals surface area contributed by atoms with Crippen molar-refractivity contribution in [1.82, 2.24) is 10.2 Å². The molecule has 132 valence electrons. The van der Waals surface area contributed by atoms with Crippen LogP contribution in [0.1, 0.15) is 19.8 Å². The van der Waals surface area contributed by atoms with E-state index in [0.29, 0.717) is 26.0 Å². The lowest BCUT2D eigenvalue weighted by atomic mass is 9.85. The van der Waals surface area contributed by atoms with E-state index in [9.17, 15) is 19.2 Å². The molecule has 1 fully saturated rings. The maximum Gasteiger partial charge on any atom is 0.326 e. The van der Waals surface area contributed by atoms with Crippen molar-refractivity contribution in [2.45, 2.75) is 25.9 Å². The van der Waals surface area contributed by atoms with E-state index in [1.807, 2.05) is 12.2 Å². The number of hydrogen-bond acceptors (Lipinski definition) is 6. The molecule has 0 unspecified atom stereocenters. The van der Waals surface area contributed by atoms with Gasteiger partial charge in [0.05, 0.1) is 18.4 Å². The number of amides is 3. The Kier molecular flexibility index (Phi) is 6.08. The monoisotopic (exact) mass is 338 g/mol. The highest BCUT2D eigenvalue weighted by Crippen LogP contribution is 2.34. The molecule has 0 aromatic carbocycles. The Labute approximate surface area is 140 Å². The smallest absolute Gasteiger partial charge is 0.326 e. The first-order valence-electron chi connectivity index (χ1n) is 7.92. The molecule has 0 aromatic heterocycles. The molecular weight excluding hydrogens is 316 g/mol. The minimum atomic E-state index is -1.01. The van der Waals surface area contributed by atoms with Gasteiger partial charge in [0.15, 0.2) is 6.10 Å². The van der Waals surface area contributed by atoms with Crippen molar-refractivity contribution >= 4 is 23.7 Å². The van der Waals surface area contributed by atoms with E-state index in [2.05, 4.69) is 5.32 Å². The highest BCUT2D eigenvalue weighted by atomic mass is 16.5. The van der Waals surface area contributed by atoms with E-state index < -0.39 is 24.5 Å². The Balaban J connectivity index is 1.85. The zero-order valence-electron chi connectivity index (χ0n) is 13.8. The van der Waals surface area contributed by atoms with Crippen molar-refractivity contribution in [2.24, 2.45) is 11.8 Å². The lowest BCUT2D eigenvalue weighted by molar-refractivity contribution is -0.159. The lowest BCUT2D eigenvalue weighted by Crippen LogP contribution is -2.41. The third-order valence-electron chi connectivity index (χ3n) is 4.17. The Bertz CT molecular complexity index is 533. The summed E-state index contributed by atoms with van der Waals surface area (Å²) in [5, 5.41) is 2.54. The number of rotatable bonds is 7. The number of carbonyl (C=O) groups is 4. The first-order valence-corrected chi connectivity index (χ1v) is 7.92. The fourth-order valence-electron chi connectivity index (χ4n) is 2.86. The molecule has 1 aliphatic heterocycles. The lowest BCUT2D eigenvalue weighted by Gasteiger charge is -2.17. The maximum absolute atomic E-state index is 12.2. The van der Waals surface area contributed by atoms with Gasteiger partial charge in [-0.05, 0) is 19.8 Å². The minimum absolute atomic E-state index is 0.302. The van der Waals surface area contributed by atoms with Gasteiger partial charge in [-0.15, -0.1) is 0 Å². The van der Waals surface area contributed by atoms with Crippen LogP contribution in [0.4, 0.5) is 0 Å². The van der Waals surface area contributed by atoms with Gasteiger partial charge in [-0.2, -0.15) is 0 Å². The third kappa shape index (κ3) is 4.00. The van der Waals surface area contributed by atoms with Gasteiger partial charge in [0.1, 0.15) is 6.54 Å². The number of methoxy groups -OCH3 is 1. The molecule has 0 saturated carbocycles. The predicted octanol–water partition coefficient (Wildman–Crippen LogP) is -0.368. The number of allylic oxidation sites excluding steroid dienone is 2. The molecule has 1 saturated heterocycles. The number of carbonyl (C=O) groups excluding carboxylic acids is 4. The summed E-state index contributed by atoms with van der Waals surface area (Å²) in [4.78, 5) is 49.1. The van der Waals surface area contributed by atoms with E-state index in [4.69, 9.17) is 9.47 Å². The van der Waals surface area contributed by atoms with Crippen LogP contribution < -0.4 is 5.32 Å². The normalized spacial score (nSPS) is 23.8. The summed E-state index contributed by atoms with van der Waals surface area (Å²) in [5.74, 6) is -2.70. The fourth-order valence-corrected chi connectivity index (χ4v) is 2.86. The van der Waals surface area contributed by atoms with Crippen LogP contribution in [0.25, 0.3) is 0 Å². The highest BCUT2D eigenvalue weighted by molar-refractivity contribution is 6.07. The summed E-state index contributed by atoms with van der Waals surface area (Å²) in [6, 6.07) is 0. The SMILES string of the molecule is COCCNC(=O)[C@H](C)OC(=O)CN1C(=O)[C@H]2CC=CC[C@@H]2C1=O. The number of fused-ring (bicyclic) bond motifs is 1. The van der Waals surface area contributed by atoms with E-state index in [-0.39, 0.29) is 23.7 Å². The quantitative estimate of drug-likeness (QED) is 0.294. The molecule has 1 heterocycles. The minimum Gasteiger partial charge on any atom is -0.451 e. The molecule has 0 aromatic rings. The van der Waals surface area contributed by atoms with Gasteiger partial charge in [0.2, 0.25) is 11.8 Å². The summed E-state index contributed by atoms with van der Waals surface area (Å²) in [6.45, 7) is 1.62. The van der Waals surface area contributed by atoms with Crippen molar-refractivity contribution in [3.8, 4) is 0 Å². The second-order valence-corrected chi connectivity index (χ2v) is 5.83. The molecule has 8 nitrogen and oxygen atoms in total. The van der Waals surface area contributed by atoms with Crippen LogP contribution in [0.15, 0.2) is 12.2 Å². The fraction of sp³-hybridized carbons (Fsp3) is 0.625. The molecule has 2 aliphatic rings. The van der Waals surface area contributed by atoms with Crippen LogP contribution >= 0.6 is 0 Å². The predicted molar refractivity (Wildman–Crippen MR) is 82.5 cm³/mol. The van der Waals surface area contributed by atoms with Gasteiger partial charge in [-0.1, -0.05) is 12.2 Å². The van der Waals surface area contributed by atoms with Crippen molar-refractivity contribution < 1.29 is 28.7 Å². The third-order valence-corrected chi connectivity index (χ3v) is 4.17. The van der Waals surface area contributed by atoms with Crippen LogP contribution in [-0.4, -0.2) is 61.5 Å². The summed E-state index contributed by atoms with van der Waals surface area (Å²) in [5.41, 5.74) is 0. The first-order chi connectivity index (χ1) is 11.5. The molecule has 1 N–H and O–H groups in total. The molecule has 3 atom stereocenters. The second kappa shape index (κ2) is 8.05. The van der Waals surface area contributed by atoms with Crippen LogP contribution in [0.2, 0.25) is 0 Å². The molecule has 1 aliphatic carbocycles. The number of imide groups is 1. The van der Waals surface area contributed by atoms with Crippen LogP contribution in [0.5, 0.6) is 0 Å². The van der Waals surface area contributed by atoms with Crippen molar-refractivity contribution in [1.29, 1.82) is 0 Å². The van der Waals surface area contributed by atoms with Crippen molar-refractivity contribution in [2.75, 3.05) is 26.8 Å². The average Bonchev–Trinajstić information content (AvgIpc) is 2.80. The summed E-state index contributed by atoms with van der Waals surface area (Å²) < 4.78 is 9.80. The van der Waals surface area contributed by atoms with Gasteiger partial charge < -0.3 is 14.8 Å². The number of nitrogens with zero attached hydrogens (tertiary/aromatic N) is 1. The molecule has 8 heteroatoms. The van der Waals surface area contributed by atoms with Crippen molar-refractivity contribution in [3.63, 3.8) is 0 Å². The summed E-state index contributed by atoms with van der Waals surface area (Å²) in [6.07, 6.45) is 3.77. The number of esters is 1.